The first-order valence-electron chi connectivity index (χ1n) is 6.32. The van der Waals surface area contributed by atoms with Crippen molar-refractivity contribution in [2.75, 3.05) is 13.1 Å². The largest absolute Gasteiger partial charge is 0.373 e. The molecule has 0 radical (unpaired) electrons. The van der Waals surface area contributed by atoms with Crippen molar-refractivity contribution in [1.82, 2.24) is 4.90 Å². The quantitative estimate of drug-likeness (QED) is 0.713. The summed E-state index contributed by atoms with van der Waals surface area (Å²) in [5.41, 5.74) is 6.22. The highest BCUT2D eigenvalue weighted by Crippen LogP contribution is 2.24. The molecule has 0 aromatic heterocycles. The fraction of sp³-hybridized carbons (Fsp3) is 1.00. The zero-order valence-electron chi connectivity index (χ0n) is 9.98. The summed E-state index contributed by atoms with van der Waals surface area (Å²) < 4.78 is 5.76. The third-order valence-electron chi connectivity index (χ3n) is 3.70. The highest BCUT2D eigenvalue weighted by Gasteiger charge is 2.32. The number of nitrogens with zero attached hydrogens (tertiary/aromatic N) is 1. The van der Waals surface area contributed by atoms with Gasteiger partial charge in [0.2, 0.25) is 0 Å². The Labute approximate surface area is 93.0 Å². The van der Waals surface area contributed by atoms with Crippen LogP contribution in [0.5, 0.6) is 0 Å². The first-order chi connectivity index (χ1) is 7.16. The molecule has 1 aliphatic heterocycles. The van der Waals surface area contributed by atoms with Gasteiger partial charge in [-0.15, -0.1) is 0 Å². The second-order valence-corrected chi connectivity index (χ2v) is 5.23. The molecule has 0 aromatic rings. The second-order valence-electron chi connectivity index (χ2n) is 5.23. The molecule has 2 N–H and O–H groups in total. The maximum atomic E-state index is 6.22. The topological polar surface area (TPSA) is 38.5 Å². The lowest BCUT2D eigenvalue weighted by Crippen LogP contribution is -2.56. The monoisotopic (exact) mass is 212 g/mol. The Bertz CT molecular complexity index is 200. The van der Waals surface area contributed by atoms with Crippen LogP contribution in [-0.4, -0.2) is 42.3 Å². The maximum absolute atomic E-state index is 6.22. The summed E-state index contributed by atoms with van der Waals surface area (Å²) in [4.78, 5) is 2.56. The van der Waals surface area contributed by atoms with E-state index >= 15 is 0 Å². The standard InChI is InChI=1S/C12H24N2O/c1-9-7-14(8-10(2)15-9)12-6-4-3-5-11(12)13/h9-12H,3-8,13H2,1-2H3. The Hall–Kier alpha value is -0.120. The van der Waals surface area contributed by atoms with E-state index in [0.29, 0.717) is 24.3 Å². The number of hydrogen-bond donors (Lipinski definition) is 1. The predicted molar refractivity (Wildman–Crippen MR) is 61.8 cm³/mol. The minimum Gasteiger partial charge on any atom is -0.373 e. The molecule has 15 heavy (non-hydrogen) atoms. The van der Waals surface area contributed by atoms with E-state index in [9.17, 15) is 0 Å². The van der Waals surface area contributed by atoms with E-state index in [1.807, 2.05) is 0 Å². The van der Waals surface area contributed by atoms with Gasteiger partial charge in [-0.3, -0.25) is 4.90 Å². The van der Waals surface area contributed by atoms with Gasteiger partial charge in [0.1, 0.15) is 0 Å². The van der Waals surface area contributed by atoms with Crippen molar-refractivity contribution in [3.63, 3.8) is 0 Å². The molecule has 0 amide bonds. The zero-order chi connectivity index (χ0) is 10.8. The van der Waals surface area contributed by atoms with Gasteiger partial charge in [-0.05, 0) is 26.7 Å². The molecule has 2 aliphatic rings. The highest BCUT2D eigenvalue weighted by atomic mass is 16.5. The van der Waals surface area contributed by atoms with Crippen LogP contribution in [0.15, 0.2) is 0 Å². The molecule has 2 rings (SSSR count). The average molecular weight is 212 g/mol. The molecule has 1 heterocycles. The third-order valence-corrected chi connectivity index (χ3v) is 3.70. The molecular weight excluding hydrogens is 188 g/mol. The van der Waals surface area contributed by atoms with Crippen LogP contribution in [0.3, 0.4) is 0 Å². The van der Waals surface area contributed by atoms with E-state index in [1.165, 1.54) is 25.7 Å². The van der Waals surface area contributed by atoms with Crippen molar-refractivity contribution < 1.29 is 4.74 Å². The van der Waals surface area contributed by atoms with Crippen LogP contribution in [0.1, 0.15) is 39.5 Å². The molecule has 88 valence electrons. The zero-order valence-corrected chi connectivity index (χ0v) is 9.98. The lowest BCUT2D eigenvalue weighted by atomic mass is 9.89. The van der Waals surface area contributed by atoms with Crippen molar-refractivity contribution in [2.45, 2.75) is 63.8 Å². The Morgan fingerprint density at radius 1 is 1.07 bits per heavy atom. The normalized spacial score (nSPS) is 44.2. The van der Waals surface area contributed by atoms with Crippen LogP contribution in [0.4, 0.5) is 0 Å². The van der Waals surface area contributed by atoms with Gasteiger partial charge in [-0.2, -0.15) is 0 Å². The molecule has 3 nitrogen and oxygen atoms in total. The Morgan fingerprint density at radius 2 is 1.67 bits per heavy atom. The van der Waals surface area contributed by atoms with Gasteiger partial charge in [-0.25, -0.2) is 0 Å². The summed E-state index contributed by atoms with van der Waals surface area (Å²) in [7, 11) is 0. The lowest BCUT2D eigenvalue weighted by molar-refractivity contribution is -0.0861. The maximum Gasteiger partial charge on any atom is 0.0678 e. The summed E-state index contributed by atoms with van der Waals surface area (Å²) in [5.74, 6) is 0. The molecule has 4 unspecified atom stereocenters. The predicted octanol–water partition coefficient (Wildman–Crippen LogP) is 1.37. The minimum atomic E-state index is 0.364. The first kappa shape index (κ1) is 11.4. The number of rotatable bonds is 1. The number of ether oxygens (including phenoxy) is 1. The molecule has 1 saturated carbocycles. The van der Waals surface area contributed by atoms with Gasteiger partial charge in [0.05, 0.1) is 12.2 Å². The fourth-order valence-electron chi connectivity index (χ4n) is 3.08. The van der Waals surface area contributed by atoms with E-state index in [1.54, 1.807) is 0 Å². The smallest absolute Gasteiger partial charge is 0.0678 e. The van der Waals surface area contributed by atoms with Gasteiger partial charge < -0.3 is 10.5 Å². The van der Waals surface area contributed by atoms with Crippen LogP contribution in [0, 0.1) is 0 Å². The Morgan fingerprint density at radius 3 is 2.27 bits per heavy atom. The summed E-state index contributed by atoms with van der Waals surface area (Å²) in [6.45, 7) is 6.44. The molecule has 2 fully saturated rings. The lowest BCUT2D eigenvalue weighted by Gasteiger charge is -2.44. The molecule has 4 atom stereocenters. The summed E-state index contributed by atoms with van der Waals surface area (Å²) in [6, 6.07) is 0.990. The van der Waals surface area contributed by atoms with Gasteiger partial charge >= 0.3 is 0 Å². The second kappa shape index (κ2) is 4.81. The van der Waals surface area contributed by atoms with Crippen LogP contribution >= 0.6 is 0 Å². The summed E-state index contributed by atoms with van der Waals surface area (Å²) >= 11 is 0. The van der Waals surface area contributed by atoms with Crippen molar-refractivity contribution in [3.05, 3.63) is 0 Å². The van der Waals surface area contributed by atoms with Crippen molar-refractivity contribution in [3.8, 4) is 0 Å². The van der Waals surface area contributed by atoms with Crippen molar-refractivity contribution >= 4 is 0 Å². The van der Waals surface area contributed by atoms with Crippen molar-refractivity contribution in [1.29, 1.82) is 0 Å². The Balaban J connectivity index is 1.95. The van der Waals surface area contributed by atoms with Crippen LogP contribution in [0.25, 0.3) is 0 Å². The van der Waals surface area contributed by atoms with Gasteiger partial charge in [-0.1, -0.05) is 12.8 Å². The average Bonchev–Trinajstić information content (AvgIpc) is 2.16. The molecule has 3 heteroatoms. The number of nitrogens with two attached hydrogens (primary N) is 1. The minimum absolute atomic E-state index is 0.364. The molecule has 1 saturated heterocycles. The Kier molecular flexibility index (Phi) is 3.65. The highest BCUT2D eigenvalue weighted by molar-refractivity contribution is 4.89. The van der Waals surface area contributed by atoms with E-state index in [-0.39, 0.29) is 0 Å². The van der Waals surface area contributed by atoms with Crippen LogP contribution < -0.4 is 5.73 Å². The SMILES string of the molecule is CC1CN(C2CCCCC2N)CC(C)O1. The summed E-state index contributed by atoms with van der Waals surface area (Å²) in [6.07, 6.45) is 5.86. The van der Waals surface area contributed by atoms with Crippen molar-refractivity contribution in [2.24, 2.45) is 5.73 Å². The van der Waals surface area contributed by atoms with Gasteiger partial charge in [0, 0.05) is 25.2 Å². The molecule has 0 bridgehead atoms. The third kappa shape index (κ3) is 2.71. The van der Waals surface area contributed by atoms with E-state index < -0.39 is 0 Å². The van der Waals surface area contributed by atoms with Gasteiger partial charge in [0.15, 0.2) is 0 Å². The van der Waals surface area contributed by atoms with Gasteiger partial charge in [0.25, 0.3) is 0 Å². The van der Waals surface area contributed by atoms with Crippen LogP contribution in [0.2, 0.25) is 0 Å². The van der Waals surface area contributed by atoms with Crippen LogP contribution in [-0.2, 0) is 4.74 Å². The van der Waals surface area contributed by atoms with E-state index in [4.69, 9.17) is 10.5 Å². The first-order valence-corrected chi connectivity index (χ1v) is 6.32. The number of hydrogen-bond acceptors (Lipinski definition) is 3. The number of morpholine rings is 1. The van der Waals surface area contributed by atoms with E-state index in [0.717, 1.165) is 13.1 Å². The molecule has 0 aromatic carbocycles. The van der Waals surface area contributed by atoms with E-state index in [2.05, 4.69) is 18.7 Å². The molecular formula is C12H24N2O. The molecule has 0 spiro atoms. The summed E-state index contributed by atoms with van der Waals surface area (Å²) in [5, 5.41) is 0. The fourth-order valence-corrected chi connectivity index (χ4v) is 3.08. The molecule has 1 aliphatic carbocycles.